The van der Waals surface area contributed by atoms with E-state index in [0.717, 1.165) is 16.7 Å². The second kappa shape index (κ2) is 10.00. The quantitative estimate of drug-likeness (QED) is 0.305. The molecule has 158 valence electrons. The molecule has 0 aliphatic rings. The minimum absolute atomic E-state index is 0.0859. The highest BCUT2D eigenvalue weighted by molar-refractivity contribution is 7.90. The molecule has 0 unspecified atom stereocenters. The molecule has 0 bridgehead atoms. The van der Waals surface area contributed by atoms with Gasteiger partial charge in [-0.25, -0.2) is 4.79 Å². The Morgan fingerprint density at radius 2 is 1.42 bits per heavy atom. The molecular formula is C25H23NO4S. The van der Waals surface area contributed by atoms with E-state index in [1.165, 1.54) is 24.3 Å². The molecule has 0 fully saturated rings. The Morgan fingerprint density at radius 1 is 0.839 bits per heavy atom. The Hall–Kier alpha value is -3.51. The van der Waals surface area contributed by atoms with Gasteiger partial charge in [0.1, 0.15) is 6.61 Å². The van der Waals surface area contributed by atoms with Crippen LogP contribution in [0.5, 0.6) is 0 Å². The van der Waals surface area contributed by atoms with E-state index >= 15 is 0 Å². The van der Waals surface area contributed by atoms with Crippen LogP contribution in [0.15, 0.2) is 100 Å². The van der Waals surface area contributed by atoms with Crippen LogP contribution >= 0.6 is 0 Å². The number of ether oxygens (including phenoxy) is 1. The first-order valence-corrected chi connectivity index (χ1v) is 11.1. The fraction of sp³-hybridized carbons (Fsp3) is 0.120. The molecule has 0 N–H and O–H groups in total. The van der Waals surface area contributed by atoms with E-state index in [9.17, 15) is 13.2 Å². The fourth-order valence-corrected chi connectivity index (χ4v) is 3.73. The average Bonchev–Trinajstić information content (AvgIpc) is 2.77. The number of benzene rings is 3. The van der Waals surface area contributed by atoms with Gasteiger partial charge in [0.25, 0.3) is 10.0 Å². The number of aryl methyl sites for hydroxylation is 2. The van der Waals surface area contributed by atoms with Crippen molar-refractivity contribution in [1.29, 1.82) is 0 Å². The summed E-state index contributed by atoms with van der Waals surface area (Å²) in [4.78, 5) is 12.3. The molecule has 31 heavy (non-hydrogen) atoms. The zero-order valence-corrected chi connectivity index (χ0v) is 18.2. The number of sulfonamides is 1. The number of hydrogen-bond donors (Lipinski definition) is 0. The third-order valence-electron chi connectivity index (χ3n) is 4.49. The van der Waals surface area contributed by atoms with Crippen LogP contribution in [-0.2, 0) is 26.2 Å². The molecule has 0 atom stereocenters. The van der Waals surface area contributed by atoms with E-state index in [0.29, 0.717) is 5.56 Å². The van der Waals surface area contributed by atoms with Gasteiger partial charge >= 0.3 is 5.97 Å². The standard InChI is InChI=1S/C25H23NO4S/c1-19-8-12-22(13-9-19)24(26-31(28,29)23-14-10-20(2)11-15-23)16-17-25(27)30-18-21-6-4-3-5-7-21/h3-17H,18H2,1-2H3/b17-16+,26-24-. The first-order valence-electron chi connectivity index (χ1n) is 9.71. The number of carbonyl (C=O) groups is 1. The van der Waals surface area contributed by atoms with Gasteiger partial charge in [-0.15, -0.1) is 0 Å². The van der Waals surface area contributed by atoms with Crippen molar-refractivity contribution in [3.8, 4) is 0 Å². The Bertz CT molecular complexity index is 1190. The lowest BCUT2D eigenvalue weighted by atomic mass is 10.1. The van der Waals surface area contributed by atoms with Crippen molar-refractivity contribution in [3.05, 3.63) is 113 Å². The van der Waals surface area contributed by atoms with Gasteiger partial charge in [-0.3, -0.25) is 0 Å². The molecule has 0 aromatic heterocycles. The smallest absolute Gasteiger partial charge is 0.331 e. The lowest BCUT2D eigenvalue weighted by molar-refractivity contribution is -0.139. The van der Waals surface area contributed by atoms with Crippen molar-refractivity contribution in [2.45, 2.75) is 25.3 Å². The van der Waals surface area contributed by atoms with E-state index in [1.807, 2.05) is 56.3 Å². The van der Waals surface area contributed by atoms with E-state index in [-0.39, 0.29) is 17.2 Å². The van der Waals surface area contributed by atoms with Crippen molar-refractivity contribution in [2.75, 3.05) is 0 Å². The number of hydrogen-bond acceptors (Lipinski definition) is 4. The van der Waals surface area contributed by atoms with Gasteiger partial charge in [0, 0.05) is 11.6 Å². The summed E-state index contributed by atoms with van der Waals surface area (Å²) in [6.45, 7) is 3.93. The van der Waals surface area contributed by atoms with Crippen molar-refractivity contribution in [1.82, 2.24) is 0 Å². The molecule has 3 aromatic rings. The van der Waals surface area contributed by atoms with Crippen molar-refractivity contribution in [3.63, 3.8) is 0 Å². The highest BCUT2D eigenvalue weighted by atomic mass is 32.2. The topological polar surface area (TPSA) is 72.8 Å². The first kappa shape index (κ1) is 22.2. The van der Waals surface area contributed by atoms with Gasteiger partial charge in [0.15, 0.2) is 0 Å². The molecule has 0 spiro atoms. The van der Waals surface area contributed by atoms with E-state index in [1.54, 1.807) is 24.3 Å². The average molecular weight is 434 g/mol. The van der Waals surface area contributed by atoms with Gasteiger partial charge in [-0.2, -0.15) is 12.8 Å². The number of carbonyl (C=O) groups excluding carboxylic acids is 1. The molecule has 3 aromatic carbocycles. The van der Waals surface area contributed by atoms with Crippen LogP contribution in [0.25, 0.3) is 0 Å². The highest BCUT2D eigenvalue weighted by Crippen LogP contribution is 2.16. The minimum Gasteiger partial charge on any atom is -0.458 e. The zero-order valence-electron chi connectivity index (χ0n) is 17.4. The van der Waals surface area contributed by atoms with E-state index < -0.39 is 16.0 Å². The summed E-state index contributed by atoms with van der Waals surface area (Å²) in [5, 5.41) is 0. The van der Waals surface area contributed by atoms with Crippen LogP contribution in [0.1, 0.15) is 22.3 Å². The second-order valence-electron chi connectivity index (χ2n) is 7.06. The van der Waals surface area contributed by atoms with Gasteiger partial charge in [0.2, 0.25) is 0 Å². The van der Waals surface area contributed by atoms with Crippen molar-refractivity contribution < 1.29 is 17.9 Å². The van der Waals surface area contributed by atoms with Gasteiger partial charge in [-0.1, -0.05) is 77.9 Å². The molecule has 0 saturated heterocycles. The van der Waals surface area contributed by atoms with Crippen LogP contribution in [0.4, 0.5) is 0 Å². The normalized spacial score (nSPS) is 12.1. The van der Waals surface area contributed by atoms with Crippen LogP contribution in [0, 0.1) is 13.8 Å². The molecule has 0 amide bonds. The number of allylic oxidation sites excluding steroid dienone is 1. The van der Waals surface area contributed by atoms with Gasteiger partial charge in [0.05, 0.1) is 10.6 Å². The van der Waals surface area contributed by atoms with Crippen molar-refractivity contribution in [2.24, 2.45) is 4.40 Å². The van der Waals surface area contributed by atoms with Gasteiger partial charge < -0.3 is 4.74 Å². The van der Waals surface area contributed by atoms with Crippen LogP contribution in [-0.4, -0.2) is 20.1 Å². The lowest BCUT2D eigenvalue weighted by Crippen LogP contribution is -2.07. The highest BCUT2D eigenvalue weighted by Gasteiger charge is 2.14. The summed E-state index contributed by atoms with van der Waals surface area (Å²) >= 11 is 0. The predicted molar refractivity (Wildman–Crippen MR) is 121 cm³/mol. The summed E-state index contributed by atoms with van der Waals surface area (Å²) in [5.74, 6) is -0.587. The third-order valence-corrected chi connectivity index (χ3v) is 5.79. The van der Waals surface area contributed by atoms with Crippen LogP contribution < -0.4 is 0 Å². The molecule has 0 aliphatic heterocycles. The largest absolute Gasteiger partial charge is 0.458 e. The number of nitrogens with zero attached hydrogens (tertiary/aromatic N) is 1. The second-order valence-corrected chi connectivity index (χ2v) is 8.66. The number of esters is 1. The predicted octanol–water partition coefficient (Wildman–Crippen LogP) is 4.78. The van der Waals surface area contributed by atoms with Crippen LogP contribution in [0.2, 0.25) is 0 Å². The van der Waals surface area contributed by atoms with Crippen molar-refractivity contribution >= 4 is 21.7 Å². The Morgan fingerprint density at radius 3 is 2.03 bits per heavy atom. The van der Waals surface area contributed by atoms with E-state index in [2.05, 4.69) is 4.40 Å². The molecule has 0 aliphatic carbocycles. The summed E-state index contributed by atoms with van der Waals surface area (Å²) < 4.78 is 34.8. The molecule has 0 radical (unpaired) electrons. The third kappa shape index (κ3) is 6.49. The molecule has 3 rings (SSSR count). The Balaban J connectivity index is 1.86. The first-order chi connectivity index (χ1) is 14.8. The van der Waals surface area contributed by atoms with Gasteiger partial charge in [-0.05, 0) is 37.6 Å². The molecular weight excluding hydrogens is 410 g/mol. The summed E-state index contributed by atoms with van der Waals surface area (Å²) in [5.41, 5.74) is 3.56. The summed E-state index contributed by atoms with van der Waals surface area (Å²) in [6, 6.07) is 23.0. The number of rotatable bonds is 7. The monoisotopic (exact) mass is 433 g/mol. The molecule has 6 heteroatoms. The maximum atomic E-state index is 12.8. The maximum Gasteiger partial charge on any atom is 0.331 e. The summed E-state index contributed by atoms with van der Waals surface area (Å²) in [7, 11) is -3.95. The Kier molecular flexibility index (Phi) is 7.15. The summed E-state index contributed by atoms with van der Waals surface area (Å²) in [6.07, 6.45) is 2.55. The Labute approximate surface area is 182 Å². The maximum absolute atomic E-state index is 12.8. The molecule has 0 heterocycles. The fourth-order valence-electron chi connectivity index (χ4n) is 2.72. The van der Waals surface area contributed by atoms with E-state index in [4.69, 9.17) is 4.74 Å². The molecule has 0 saturated carbocycles. The molecule has 5 nitrogen and oxygen atoms in total. The zero-order chi connectivity index (χ0) is 22.3. The SMILES string of the molecule is Cc1ccc(C(/C=C/C(=O)OCc2ccccc2)=N\S(=O)(=O)c2ccc(C)cc2)cc1. The minimum atomic E-state index is -3.95. The van der Waals surface area contributed by atoms with Crippen LogP contribution in [0.3, 0.4) is 0 Å². The lowest BCUT2D eigenvalue weighted by Gasteiger charge is -2.05.